The van der Waals surface area contributed by atoms with Crippen LogP contribution in [-0.4, -0.2) is 13.2 Å². The summed E-state index contributed by atoms with van der Waals surface area (Å²) < 4.78 is 6.38. The molecular formula is C9H17BrO. The number of halogens is 1. The zero-order chi connectivity index (χ0) is 8.53. The SMILES string of the molecule is C=C(Br)CCOCCCCC. The largest absolute Gasteiger partial charge is 0.381 e. The molecular weight excluding hydrogens is 204 g/mol. The minimum atomic E-state index is 0.799. The van der Waals surface area contributed by atoms with Crippen molar-refractivity contribution in [2.45, 2.75) is 32.6 Å². The summed E-state index contributed by atoms with van der Waals surface area (Å²) in [5.41, 5.74) is 0. The monoisotopic (exact) mass is 220 g/mol. The summed E-state index contributed by atoms with van der Waals surface area (Å²) in [4.78, 5) is 0. The molecule has 0 fully saturated rings. The predicted molar refractivity (Wildman–Crippen MR) is 53.0 cm³/mol. The molecule has 0 atom stereocenters. The Morgan fingerprint density at radius 2 is 2.09 bits per heavy atom. The van der Waals surface area contributed by atoms with Crippen LogP contribution in [0.15, 0.2) is 11.1 Å². The normalized spacial score (nSPS) is 10.0. The lowest BCUT2D eigenvalue weighted by molar-refractivity contribution is 0.134. The second-order valence-corrected chi connectivity index (χ2v) is 3.71. The molecule has 0 aliphatic carbocycles. The Morgan fingerprint density at radius 1 is 1.36 bits per heavy atom. The fourth-order valence-electron chi connectivity index (χ4n) is 0.739. The van der Waals surface area contributed by atoms with Gasteiger partial charge in [-0.2, -0.15) is 0 Å². The van der Waals surface area contributed by atoms with Crippen LogP contribution in [0.25, 0.3) is 0 Å². The predicted octanol–water partition coefficient (Wildman–Crippen LogP) is 3.49. The van der Waals surface area contributed by atoms with Gasteiger partial charge in [0.15, 0.2) is 0 Å². The van der Waals surface area contributed by atoms with E-state index in [-0.39, 0.29) is 0 Å². The summed E-state index contributed by atoms with van der Waals surface area (Å²) in [5.74, 6) is 0. The van der Waals surface area contributed by atoms with Crippen molar-refractivity contribution in [3.63, 3.8) is 0 Å². The van der Waals surface area contributed by atoms with E-state index in [0.29, 0.717) is 0 Å². The van der Waals surface area contributed by atoms with E-state index in [1.807, 2.05) is 0 Å². The summed E-state index contributed by atoms with van der Waals surface area (Å²) in [6, 6.07) is 0. The molecule has 0 bridgehead atoms. The van der Waals surface area contributed by atoms with Crippen LogP contribution in [0.1, 0.15) is 32.6 Å². The topological polar surface area (TPSA) is 9.23 Å². The summed E-state index contributed by atoms with van der Waals surface area (Å²) in [6.45, 7) is 7.62. The first-order chi connectivity index (χ1) is 5.27. The Labute approximate surface area is 78.0 Å². The van der Waals surface area contributed by atoms with Crippen LogP contribution >= 0.6 is 15.9 Å². The summed E-state index contributed by atoms with van der Waals surface area (Å²) in [7, 11) is 0. The maximum Gasteiger partial charge on any atom is 0.0511 e. The highest BCUT2D eigenvalue weighted by Crippen LogP contribution is 2.06. The first-order valence-corrected chi connectivity index (χ1v) is 4.97. The molecule has 0 amide bonds. The molecule has 11 heavy (non-hydrogen) atoms. The molecule has 0 radical (unpaired) electrons. The quantitative estimate of drug-likeness (QED) is 0.598. The number of rotatable bonds is 7. The van der Waals surface area contributed by atoms with Crippen LogP contribution in [0.4, 0.5) is 0 Å². The minimum Gasteiger partial charge on any atom is -0.381 e. The van der Waals surface area contributed by atoms with E-state index in [1.54, 1.807) is 0 Å². The van der Waals surface area contributed by atoms with Gasteiger partial charge in [-0.15, -0.1) is 0 Å². The molecule has 0 rings (SSSR count). The Morgan fingerprint density at radius 3 is 2.64 bits per heavy atom. The molecule has 0 saturated heterocycles. The zero-order valence-electron chi connectivity index (χ0n) is 7.24. The van der Waals surface area contributed by atoms with Crippen LogP contribution in [0.3, 0.4) is 0 Å². The van der Waals surface area contributed by atoms with Gasteiger partial charge < -0.3 is 4.74 Å². The van der Waals surface area contributed by atoms with Crippen molar-refractivity contribution in [2.75, 3.05) is 13.2 Å². The van der Waals surface area contributed by atoms with Crippen LogP contribution in [0.5, 0.6) is 0 Å². The van der Waals surface area contributed by atoms with E-state index >= 15 is 0 Å². The van der Waals surface area contributed by atoms with Crippen molar-refractivity contribution in [3.8, 4) is 0 Å². The van der Waals surface area contributed by atoms with Crippen LogP contribution in [0.2, 0.25) is 0 Å². The van der Waals surface area contributed by atoms with Crippen LogP contribution in [-0.2, 0) is 4.74 Å². The fourth-order valence-corrected chi connectivity index (χ4v) is 0.901. The van der Waals surface area contributed by atoms with E-state index in [4.69, 9.17) is 4.74 Å². The minimum absolute atomic E-state index is 0.799. The smallest absolute Gasteiger partial charge is 0.0511 e. The molecule has 0 saturated carbocycles. The molecule has 0 aliphatic rings. The number of unbranched alkanes of at least 4 members (excludes halogenated alkanes) is 2. The van der Waals surface area contributed by atoms with Crippen LogP contribution in [0, 0.1) is 0 Å². The molecule has 0 aromatic carbocycles. The molecule has 2 heteroatoms. The molecule has 0 N–H and O–H groups in total. The lowest BCUT2D eigenvalue weighted by Gasteiger charge is -2.01. The van der Waals surface area contributed by atoms with Gasteiger partial charge in [0, 0.05) is 13.0 Å². The maximum atomic E-state index is 5.36. The van der Waals surface area contributed by atoms with E-state index < -0.39 is 0 Å². The highest BCUT2D eigenvalue weighted by molar-refractivity contribution is 9.11. The van der Waals surface area contributed by atoms with Crippen molar-refractivity contribution in [2.24, 2.45) is 0 Å². The van der Waals surface area contributed by atoms with Gasteiger partial charge in [-0.1, -0.05) is 42.3 Å². The van der Waals surface area contributed by atoms with Crippen molar-refractivity contribution in [1.82, 2.24) is 0 Å². The number of hydrogen-bond donors (Lipinski definition) is 0. The van der Waals surface area contributed by atoms with Crippen molar-refractivity contribution < 1.29 is 4.74 Å². The highest BCUT2D eigenvalue weighted by Gasteiger charge is 1.89. The first-order valence-electron chi connectivity index (χ1n) is 4.18. The lowest BCUT2D eigenvalue weighted by Crippen LogP contribution is -1.96. The van der Waals surface area contributed by atoms with Gasteiger partial charge in [-0.25, -0.2) is 0 Å². The summed E-state index contributed by atoms with van der Waals surface area (Å²) >= 11 is 3.28. The molecule has 0 unspecified atom stereocenters. The third kappa shape index (κ3) is 10.2. The average Bonchev–Trinajstić information content (AvgIpc) is 1.96. The molecule has 1 nitrogen and oxygen atoms in total. The standard InChI is InChI=1S/C9H17BrO/c1-3-4-5-7-11-8-6-9(2)10/h2-8H2,1H3. The molecule has 0 heterocycles. The van der Waals surface area contributed by atoms with Crippen LogP contribution < -0.4 is 0 Å². The molecule has 0 aliphatic heterocycles. The first kappa shape index (κ1) is 11.2. The van der Waals surface area contributed by atoms with Crippen molar-refractivity contribution >= 4 is 15.9 Å². The van der Waals surface area contributed by atoms with E-state index in [2.05, 4.69) is 29.4 Å². The number of ether oxygens (including phenoxy) is 1. The second-order valence-electron chi connectivity index (χ2n) is 2.59. The third-order valence-electron chi connectivity index (χ3n) is 1.41. The summed E-state index contributed by atoms with van der Waals surface area (Å²) in [5, 5.41) is 0. The number of hydrogen-bond acceptors (Lipinski definition) is 1. The molecule has 0 spiro atoms. The van der Waals surface area contributed by atoms with E-state index in [1.165, 1.54) is 19.3 Å². The van der Waals surface area contributed by atoms with E-state index in [0.717, 1.165) is 24.1 Å². The summed E-state index contributed by atoms with van der Waals surface area (Å²) in [6.07, 6.45) is 4.64. The van der Waals surface area contributed by atoms with Gasteiger partial charge >= 0.3 is 0 Å². The zero-order valence-corrected chi connectivity index (χ0v) is 8.82. The van der Waals surface area contributed by atoms with Gasteiger partial charge in [0.05, 0.1) is 6.61 Å². The highest BCUT2D eigenvalue weighted by atomic mass is 79.9. The van der Waals surface area contributed by atoms with Crippen molar-refractivity contribution in [3.05, 3.63) is 11.1 Å². The lowest BCUT2D eigenvalue weighted by atomic mass is 10.3. The van der Waals surface area contributed by atoms with Gasteiger partial charge in [-0.3, -0.25) is 0 Å². The average molecular weight is 221 g/mol. The van der Waals surface area contributed by atoms with Gasteiger partial charge in [0.25, 0.3) is 0 Å². The van der Waals surface area contributed by atoms with Gasteiger partial charge in [-0.05, 0) is 10.9 Å². The third-order valence-corrected chi connectivity index (χ3v) is 1.81. The second kappa shape index (κ2) is 8.28. The Kier molecular flexibility index (Phi) is 8.41. The molecule has 66 valence electrons. The maximum absolute atomic E-state index is 5.36. The van der Waals surface area contributed by atoms with E-state index in [9.17, 15) is 0 Å². The van der Waals surface area contributed by atoms with Gasteiger partial charge in [0.1, 0.15) is 0 Å². The Hall–Kier alpha value is 0.180. The Bertz CT molecular complexity index is 102. The van der Waals surface area contributed by atoms with Crippen molar-refractivity contribution in [1.29, 1.82) is 0 Å². The fraction of sp³-hybridized carbons (Fsp3) is 0.778. The Balaban J connectivity index is 2.85. The molecule has 0 aromatic heterocycles. The van der Waals surface area contributed by atoms with Gasteiger partial charge in [0.2, 0.25) is 0 Å². The molecule has 0 aromatic rings.